The average Bonchev–Trinajstić information content (AvgIpc) is 3.33. The predicted molar refractivity (Wildman–Crippen MR) is 122 cm³/mol. The number of aryl methyl sites for hydroxylation is 1. The van der Waals surface area contributed by atoms with Crippen molar-refractivity contribution >= 4 is 17.9 Å². The monoisotopic (exact) mass is 488 g/mol. The fourth-order valence-corrected chi connectivity index (χ4v) is 3.88. The van der Waals surface area contributed by atoms with Crippen molar-refractivity contribution < 1.29 is 28.1 Å². The number of halogens is 3. The second-order valence-electron chi connectivity index (χ2n) is 8.01. The highest BCUT2D eigenvalue weighted by molar-refractivity contribution is 5.94. The van der Waals surface area contributed by atoms with Gasteiger partial charge in [-0.3, -0.25) is 0 Å². The van der Waals surface area contributed by atoms with Crippen molar-refractivity contribution in [2.45, 2.75) is 37.7 Å². The fourth-order valence-electron chi connectivity index (χ4n) is 3.88. The molecule has 1 fully saturated rings. The molecular weight excluding hydrogens is 465 g/mol. The van der Waals surface area contributed by atoms with Crippen LogP contribution in [0.1, 0.15) is 18.0 Å². The average molecular weight is 488 g/mol. The second-order valence-corrected chi connectivity index (χ2v) is 8.01. The molecule has 4 atom stereocenters. The van der Waals surface area contributed by atoms with E-state index in [1.807, 2.05) is 25.1 Å². The van der Waals surface area contributed by atoms with Crippen LogP contribution in [-0.2, 0) is 4.74 Å². The Morgan fingerprint density at radius 1 is 1.26 bits per heavy atom. The lowest BCUT2D eigenvalue weighted by Gasteiger charge is -2.38. The number of para-hydroxylation sites is 1. The molecule has 0 aliphatic carbocycles. The molecule has 1 aliphatic rings. The molecule has 1 saturated heterocycles. The van der Waals surface area contributed by atoms with Crippen molar-refractivity contribution in [1.82, 2.24) is 15.0 Å². The van der Waals surface area contributed by atoms with Crippen molar-refractivity contribution in [2.75, 3.05) is 6.61 Å². The number of ether oxygens (including phenoxy) is 1. The highest BCUT2D eigenvalue weighted by Crippen LogP contribution is 2.32. The summed E-state index contributed by atoms with van der Waals surface area (Å²) in [6.07, 6.45) is -0.445. The number of aliphatic hydroxyl groups excluding tert-OH is 2. The molecule has 1 aliphatic heterocycles. The Labute approximate surface area is 198 Å². The molecule has 0 saturated carbocycles. The van der Waals surface area contributed by atoms with E-state index in [0.29, 0.717) is 5.69 Å². The molecule has 12 heteroatoms. The molecular formula is C23H23F3N6O3. The van der Waals surface area contributed by atoms with Gasteiger partial charge in [-0.15, -0.1) is 5.10 Å². The van der Waals surface area contributed by atoms with Gasteiger partial charge in [-0.05, 0) is 30.7 Å². The minimum Gasteiger partial charge on any atom is -0.394 e. The summed E-state index contributed by atoms with van der Waals surface area (Å²) >= 11 is 0. The van der Waals surface area contributed by atoms with Crippen molar-refractivity contribution in [1.29, 1.82) is 0 Å². The van der Waals surface area contributed by atoms with Gasteiger partial charge < -0.3 is 20.7 Å². The van der Waals surface area contributed by atoms with Gasteiger partial charge in [0.1, 0.15) is 24.0 Å². The number of nitrogens with two attached hydrogens (primary N) is 1. The Kier molecular flexibility index (Phi) is 7.24. The maximum Gasteiger partial charge on any atom is 0.194 e. The standard InChI is InChI=1S/C23H23F3N6O3/c1-12-4-2-3-5-16(12)29-23(28-11-27)19-8-18(22(34)20(10-33)35-19)32-9-17(30-31-32)13-6-14(24)21(26)15(25)7-13/h2-7,9,11,18-20,22,33-34H,8,10H2,1H3,(H2,27,28,29). The van der Waals surface area contributed by atoms with Crippen LogP contribution in [0.25, 0.3) is 11.3 Å². The van der Waals surface area contributed by atoms with Crippen LogP contribution in [0.4, 0.5) is 18.9 Å². The number of aliphatic hydroxyl groups is 2. The minimum absolute atomic E-state index is 0.0287. The van der Waals surface area contributed by atoms with Crippen molar-refractivity contribution in [3.8, 4) is 11.3 Å². The molecule has 184 valence electrons. The van der Waals surface area contributed by atoms with Crippen LogP contribution in [0, 0.1) is 24.4 Å². The third-order valence-corrected chi connectivity index (χ3v) is 5.72. The van der Waals surface area contributed by atoms with Crippen LogP contribution in [0.15, 0.2) is 52.6 Å². The molecule has 0 spiro atoms. The Morgan fingerprint density at radius 3 is 2.63 bits per heavy atom. The number of aliphatic imine (C=N–C) groups is 2. The zero-order chi connectivity index (χ0) is 25.1. The molecule has 4 rings (SSSR count). The van der Waals surface area contributed by atoms with Crippen molar-refractivity contribution in [3.63, 3.8) is 0 Å². The maximum absolute atomic E-state index is 13.7. The van der Waals surface area contributed by atoms with Gasteiger partial charge in [-0.2, -0.15) is 0 Å². The zero-order valence-corrected chi connectivity index (χ0v) is 18.6. The Bertz CT molecular complexity index is 1240. The molecule has 35 heavy (non-hydrogen) atoms. The summed E-state index contributed by atoms with van der Waals surface area (Å²) in [6, 6.07) is 8.20. The van der Waals surface area contributed by atoms with Crippen LogP contribution in [0.5, 0.6) is 0 Å². The molecule has 1 aromatic heterocycles. The molecule has 2 aromatic carbocycles. The van der Waals surface area contributed by atoms with E-state index in [-0.39, 0.29) is 23.5 Å². The van der Waals surface area contributed by atoms with E-state index in [4.69, 9.17) is 10.5 Å². The van der Waals surface area contributed by atoms with Gasteiger partial charge >= 0.3 is 0 Å². The summed E-state index contributed by atoms with van der Waals surface area (Å²) in [5.74, 6) is -4.09. The molecule has 4 unspecified atom stereocenters. The third-order valence-electron chi connectivity index (χ3n) is 5.72. The van der Waals surface area contributed by atoms with Crippen LogP contribution in [-0.4, -0.2) is 62.3 Å². The summed E-state index contributed by atoms with van der Waals surface area (Å²) in [4.78, 5) is 8.70. The molecule has 0 radical (unpaired) electrons. The van der Waals surface area contributed by atoms with Crippen molar-refractivity contribution in [2.24, 2.45) is 15.7 Å². The Morgan fingerprint density at radius 2 is 1.97 bits per heavy atom. The summed E-state index contributed by atoms with van der Waals surface area (Å²) in [7, 11) is 0. The van der Waals surface area contributed by atoms with E-state index in [1.54, 1.807) is 6.07 Å². The smallest absolute Gasteiger partial charge is 0.194 e. The van der Waals surface area contributed by atoms with Gasteiger partial charge in [0.15, 0.2) is 23.3 Å². The number of nitrogens with zero attached hydrogens (tertiary/aromatic N) is 5. The number of hydrogen-bond acceptors (Lipinski definition) is 6. The quantitative estimate of drug-likeness (QED) is 0.287. The van der Waals surface area contributed by atoms with Gasteiger partial charge in [-0.25, -0.2) is 27.8 Å². The first-order valence-corrected chi connectivity index (χ1v) is 10.7. The number of aromatic nitrogens is 3. The van der Waals surface area contributed by atoms with E-state index >= 15 is 0 Å². The maximum atomic E-state index is 13.7. The minimum atomic E-state index is -1.59. The van der Waals surface area contributed by atoms with Crippen LogP contribution in [0.2, 0.25) is 0 Å². The van der Waals surface area contributed by atoms with Gasteiger partial charge in [0.25, 0.3) is 0 Å². The summed E-state index contributed by atoms with van der Waals surface area (Å²) in [5, 5.41) is 28.5. The van der Waals surface area contributed by atoms with Crippen LogP contribution in [0.3, 0.4) is 0 Å². The van der Waals surface area contributed by atoms with Gasteiger partial charge in [0.2, 0.25) is 0 Å². The number of hydrogen-bond donors (Lipinski definition) is 3. The first kappa shape index (κ1) is 24.5. The van der Waals surface area contributed by atoms with Gasteiger partial charge in [0, 0.05) is 12.0 Å². The van der Waals surface area contributed by atoms with E-state index in [2.05, 4.69) is 20.3 Å². The highest BCUT2D eigenvalue weighted by atomic mass is 19.2. The Balaban J connectivity index is 1.67. The molecule has 0 bridgehead atoms. The summed E-state index contributed by atoms with van der Waals surface area (Å²) in [6.45, 7) is 1.37. The lowest BCUT2D eigenvalue weighted by molar-refractivity contribution is -0.137. The number of rotatable bonds is 5. The third kappa shape index (κ3) is 5.09. The summed E-state index contributed by atoms with van der Waals surface area (Å²) < 4.78 is 47.8. The molecule has 3 aromatic rings. The largest absolute Gasteiger partial charge is 0.394 e. The molecule has 0 amide bonds. The number of benzene rings is 2. The van der Waals surface area contributed by atoms with Gasteiger partial charge in [0.05, 0.1) is 30.9 Å². The SMILES string of the molecule is Cc1ccccc1N=C(N=CN)C1CC(n2cc(-c3cc(F)c(F)c(F)c3)nn2)C(O)C(CO)O1. The highest BCUT2D eigenvalue weighted by Gasteiger charge is 2.41. The molecule has 4 N–H and O–H groups in total. The lowest BCUT2D eigenvalue weighted by atomic mass is 9.95. The van der Waals surface area contributed by atoms with E-state index in [0.717, 1.165) is 24.0 Å². The lowest BCUT2D eigenvalue weighted by Crippen LogP contribution is -2.49. The van der Waals surface area contributed by atoms with E-state index in [1.165, 1.54) is 10.9 Å². The van der Waals surface area contributed by atoms with Crippen LogP contribution < -0.4 is 5.73 Å². The van der Waals surface area contributed by atoms with Gasteiger partial charge in [-0.1, -0.05) is 23.4 Å². The molecule has 9 nitrogen and oxygen atoms in total. The van der Waals surface area contributed by atoms with E-state index in [9.17, 15) is 23.4 Å². The first-order valence-electron chi connectivity index (χ1n) is 10.7. The number of amidine groups is 1. The second kappa shape index (κ2) is 10.3. The predicted octanol–water partition coefficient (Wildman–Crippen LogP) is 2.44. The zero-order valence-electron chi connectivity index (χ0n) is 18.6. The van der Waals surface area contributed by atoms with Crippen LogP contribution >= 0.6 is 0 Å². The van der Waals surface area contributed by atoms with Crippen molar-refractivity contribution in [3.05, 3.63) is 65.6 Å². The molecule has 2 heterocycles. The fraction of sp³-hybridized carbons (Fsp3) is 0.304. The first-order chi connectivity index (χ1) is 16.8. The topological polar surface area (TPSA) is 131 Å². The summed E-state index contributed by atoms with van der Waals surface area (Å²) in [5.41, 5.74) is 7.10. The van der Waals surface area contributed by atoms with E-state index < -0.39 is 48.4 Å². The normalized spacial score (nSPS) is 23.2. The Hall–Kier alpha value is -3.61.